The SMILES string of the molecule is CCNc1ccc(C=Nc2ccc(OC)c(OC(=O)c3ccc(C(=O)Oc4cc(N=Cc5ccc(C)cc5)ccc4OC)cc3)c2)cc1. The number of nitrogens with zero attached hydrogens (tertiary/aromatic N) is 2. The summed E-state index contributed by atoms with van der Waals surface area (Å²) in [4.78, 5) is 35.1. The van der Waals surface area contributed by atoms with Gasteiger partial charge in [0.2, 0.25) is 0 Å². The van der Waals surface area contributed by atoms with Gasteiger partial charge < -0.3 is 24.3 Å². The average Bonchev–Trinajstić information content (AvgIpc) is 3.11. The van der Waals surface area contributed by atoms with Crippen LogP contribution in [0.1, 0.15) is 44.3 Å². The van der Waals surface area contributed by atoms with Crippen LogP contribution in [0.5, 0.6) is 23.0 Å². The molecule has 0 heterocycles. The molecule has 9 nitrogen and oxygen atoms in total. The molecule has 0 saturated heterocycles. The van der Waals surface area contributed by atoms with E-state index in [-0.39, 0.29) is 22.6 Å². The van der Waals surface area contributed by atoms with Crippen molar-refractivity contribution in [2.24, 2.45) is 9.98 Å². The van der Waals surface area contributed by atoms with E-state index in [4.69, 9.17) is 18.9 Å². The Morgan fingerprint density at radius 3 is 1.46 bits per heavy atom. The number of hydrogen-bond donors (Lipinski definition) is 1. The first kappa shape index (κ1) is 33.2. The Balaban J connectivity index is 1.25. The molecular weight excluding hydrogens is 606 g/mol. The minimum atomic E-state index is -0.630. The lowest BCUT2D eigenvalue weighted by Crippen LogP contribution is -2.12. The van der Waals surface area contributed by atoms with E-state index in [1.165, 1.54) is 38.5 Å². The van der Waals surface area contributed by atoms with Gasteiger partial charge in [-0.15, -0.1) is 0 Å². The molecule has 0 unspecified atom stereocenters. The van der Waals surface area contributed by atoms with Crippen molar-refractivity contribution in [3.63, 3.8) is 0 Å². The number of rotatable bonds is 12. The van der Waals surface area contributed by atoms with Gasteiger partial charge in [-0.3, -0.25) is 9.98 Å². The van der Waals surface area contributed by atoms with Crippen molar-refractivity contribution in [2.75, 3.05) is 26.1 Å². The second-order valence-electron chi connectivity index (χ2n) is 10.6. The molecule has 0 aliphatic rings. The van der Waals surface area contributed by atoms with Crippen LogP contribution in [0.4, 0.5) is 17.1 Å². The van der Waals surface area contributed by atoms with Crippen molar-refractivity contribution >= 4 is 41.4 Å². The Bertz CT molecular complexity index is 1930. The van der Waals surface area contributed by atoms with Crippen LogP contribution in [0.2, 0.25) is 0 Å². The Labute approximate surface area is 279 Å². The summed E-state index contributed by atoms with van der Waals surface area (Å²) in [6.07, 6.45) is 3.46. The third kappa shape index (κ3) is 8.73. The highest BCUT2D eigenvalue weighted by atomic mass is 16.6. The third-order valence-electron chi connectivity index (χ3n) is 7.15. The zero-order valence-corrected chi connectivity index (χ0v) is 27.1. The molecule has 0 aliphatic carbocycles. The minimum absolute atomic E-state index is 0.208. The molecule has 242 valence electrons. The minimum Gasteiger partial charge on any atom is -0.493 e. The number of carbonyl (C=O) groups is 2. The number of carbonyl (C=O) groups excluding carboxylic acids is 2. The third-order valence-corrected chi connectivity index (χ3v) is 7.15. The molecule has 0 amide bonds. The molecule has 5 rings (SSSR count). The Morgan fingerprint density at radius 2 is 1.04 bits per heavy atom. The van der Waals surface area contributed by atoms with E-state index in [0.717, 1.165) is 28.9 Å². The van der Waals surface area contributed by atoms with E-state index in [1.807, 2.05) is 62.4 Å². The fourth-order valence-electron chi connectivity index (χ4n) is 4.55. The molecule has 5 aromatic rings. The van der Waals surface area contributed by atoms with Crippen LogP contribution in [-0.2, 0) is 0 Å². The van der Waals surface area contributed by atoms with E-state index in [2.05, 4.69) is 15.3 Å². The van der Waals surface area contributed by atoms with E-state index < -0.39 is 11.9 Å². The number of benzene rings is 5. The molecule has 0 saturated carbocycles. The molecule has 0 spiro atoms. The van der Waals surface area contributed by atoms with Gasteiger partial charge in [-0.2, -0.15) is 0 Å². The van der Waals surface area contributed by atoms with Crippen molar-refractivity contribution in [1.29, 1.82) is 0 Å². The first-order chi connectivity index (χ1) is 23.3. The number of anilines is 1. The Hall–Kier alpha value is -6.22. The van der Waals surface area contributed by atoms with E-state index in [0.29, 0.717) is 22.9 Å². The van der Waals surface area contributed by atoms with Crippen molar-refractivity contribution < 1.29 is 28.5 Å². The van der Waals surface area contributed by atoms with Gasteiger partial charge in [0.1, 0.15) is 0 Å². The number of aliphatic imine (C=N–C) groups is 2. The average molecular weight is 642 g/mol. The summed E-state index contributed by atoms with van der Waals surface area (Å²) < 4.78 is 22.1. The lowest BCUT2D eigenvalue weighted by Gasteiger charge is -2.11. The highest BCUT2D eigenvalue weighted by Crippen LogP contribution is 2.33. The standard InChI is InChI=1S/C39H35N3O6/c1-5-40-31-16-10-28(11-17-31)25-42-33-19-21-35(46-4)37(23-33)48-39(44)30-14-12-29(13-15-30)38(43)47-36-22-32(18-20-34(36)45-3)41-24-27-8-6-26(2)7-9-27/h6-25,40H,5H2,1-4H3. The summed E-state index contributed by atoms with van der Waals surface area (Å²) in [5, 5.41) is 3.26. The molecule has 0 aromatic heterocycles. The van der Waals surface area contributed by atoms with Crippen LogP contribution in [0.25, 0.3) is 0 Å². The smallest absolute Gasteiger partial charge is 0.343 e. The number of nitrogens with one attached hydrogen (secondary N) is 1. The molecule has 1 N–H and O–H groups in total. The van der Waals surface area contributed by atoms with Gasteiger partial charge in [-0.05, 0) is 85.6 Å². The quantitative estimate of drug-likeness (QED) is 0.0828. The fraction of sp³-hybridized carbons (Fsp3) is 0.128. The maximum absolute atomic E-state index is 13.1. The number of ether oxygens (including phenoxy) is 4. The van der Waals surface area contributed by atoms with Crippen molar-refractivity contribution in [3.8, 4) is 23.0 Å². The number of methoxy groups -OCH3 is 2. The highest BCUT2D eigenvalue weighted by Gasteiger charge is 2.17. The second-order valence-corrected chi connectivity index (χ2v) is 10.6. The molecule has 0 radical (unpaired) electrons. The summed E-state index contributed by atoms with van der Waals surface area (Å²) in [5.41, 5.74) is 5.67. The predicted molar refractivity (Wildman–Crippen MR) is 189 cm³/mol. The van der Waals surface area contributed by atoms with Crippen LogP contribution < -0.4 is 24.3 Å². The molecule has 9 heteroatoms. The summed E-state index contributed by atoms with van der Waals surface area (Å²) in [6, 6.07) is 31.9. The zero-order valence-electron chi connectivity index (χ0n) is 27.1. The number of aryl methyl sites for hydroxylation is 1. The summed E-state index contributed by atoms with van der Waals surface area (Å²) in [5.74, 6) is -0.0900. The van der Waals surface area contributed by atoms with Gasteiger partial charge in [0, 0.05) is 36.8 Å². The number of hydrogen-bond acceptors (Lipinski definition) is 9. The zero-order chi connectivity index (χ0) is 33.9. The molecule has 48 heavy (non-hydrogen) atoms. The molecular formula is C39H35N3O6. The Kier molecular flexibility index (Phi) is 11.0. The molecule has 0 bridgehead atoms. The Morgan fingerprint density at radius 1 is 0.604 bits per heavy atom. The number of esters is 2. The van der Waals surface area contributed by atoms with E-state index >= 15 is 0 Å². The van der Waals surface area contributed by atoms with Gasteiger partial charge in [0.05, 0.1) is 36.7 Å². The predicted octanol–water partition coefficient (Wildman–Crippen LogP) is 8.38. The van der Waals surface area contributed by atoms with Gasteiger partial charge >= 0.3 is 11.9 Å². The summed E-state index contributed by atoms with van der Waals surface area (Å²) in [6.45, 7) is 4.90. The first-order valence-electron chi connectivity index (χ1n) is 15.2. The maximum Gasteiger partial charge on any atom is 0.343 e. The van der Waals surface area contributed by atoms with Crippen LogP contribution in [-0.4, -0.2) is 45.1 Å². The first-order valence-corrected chi connectivity index (χ1v) is 15.2. The van der Waals surface area contributed by atoms with Gasteiger partial charge in [-0.1, -0.05) is 42.0 Å². The van der Waals surface area contributed by atoms with Crippen LogP contribution in [0, 0.1) is 6.92 Å². The normalized spacial score (nSPS) is 11.0. The van der Waals surface area contributed by atoms with Gasteiger partial charge in [0.15, 0.2) is 23.0 Å². The maximum atomic E-state index is 13.1. The van der Waals surface area contributed by atoms with Gasteiger partial charge in [0.25, 0.3) is 0 Å². The molecule has 5 aromatic carbocycles. The van der Waals surface area contributed by atoms with E-state index in [1.54, 1.807) is 48.8 Å². The fourth-order valence-corrected chi connectivity index (χ4v) is 4.55. The second kappa shape index (κ2) is 15.9. The van der Waals surface area contributed by atoms with Crippen molar-refractivity contribution in [1.82, 2.24) is 0 Å². The van der Waals surface area contributed by atoms with Crippen molar-refractivity contribution in [3.05, 3.63) is 137 Å². The van der Waals surface area contributed by atoms with Crippen LogP contribution in [0.15, 0.2) is 119 Å². The molecule has 0 fully saturated rings. The van der Waals surface area contributed by atoms with Gasteiger partial charge in [-0.25, -0.2) is 9.59 Å². The van der Waals surface area contributed by atoms with Crippen LogP contribution >= 0.6 is 0 Å². The summed E-state index contributed by atoms with van der Waals surface area (Å²) >= 11 is 0. The molecule has 0 aliphatic heterocycles. The lowest BCUT2D eigenvalue weighted by molar-refractivity contribution is 0.0716. The molecule has 0 atom stereocenters. The van der Waals surface area contributed by atoms with E-state index in [9.17, 15) is 9.59 Å². The monoisotopic (exact) mass is 641 g/mol. The van der Waals surface area contributed by atoms with Crippen LogP contribution in [0.3, 0.4) is 0 Å². The van der Waals surface area contributed by atoms with Crippen molar-refractivity contribution in [2.45, 2.75) is 13.8 Å². The largest absolute Gasteiger partial charge is 0.493 e. The lowest BCUT2D eigenvalue weighted by atomic mass is 10.1. The topological polar surface area (TPSA) is 108 Å². The summed E-state index contributed by atoms with van der Waals surface area (Å²) in [7, 11) is 2.98. The highest BCUT2D eigenvalue weighted by molar-refractivity contribution is 5.95.